The molecule has 0 radical (unpaired) electrons. The lowest BCUT2D eigenvalue weighted by Crippen LogP contribution is -1.96. The first-order chi connectivity index (χ1) is 7.99. The minimum absolute atomic E-state index is 0.0502. The third kappa shape index (κ3) is 2.24. The largest absolute Gasteiger partial charge is 0.207 e. The van der Waals surface area contributed by atoms with Gasteiger partial charge in [-0.15, -0.1) is 5.10 Å². The average molecular weight is 259 g/mol. The van der Waals surface area contributed by atoms with Crippen LogP contribution in [0, 0.1) is 24.4 Å². The number of rotatable bonds is 1. The summed E-state index contributed by atoms with van der Waals surface area (Å²) in [6.45, 7) is 1.60. The van der Waals surface area contributed by atoms with E-state index in [4.69, 9.17) is 11.6 Å². The molecule has 0 N–H and O–H groups in total. The Balaban J connectivity index is 2.72. The lowest BCUT2D eigenvalue weighted by atomic mass is 10.1. The Morgan fingerprint density at radius 2 is 1.59 bits per heavy atom. The minimum Gasteiger partial charge on any atom is -0.207 e. The highest BCUT2D eigenvalue weighted by Crippen LogP contribution is 2.31. The van der Waals surface area contributed by atoms with E-state index in [0.29, 0.717) is 17.8 Å². The van der Waals surface area contributed by atoms with Crippen LogP contribution in [0.25, 0.3) is 11.1 Å². The Hall–Kier alpha value is -1.62. The van der Waals surface area contributed by atoms with Crippen molar-refractivity contribution in [3.63, 3.8) is 0 Å². The molecule has 0 aliphatic heterocycles. The normalized spacial score (nSPS) is 10.6. The van der Waals surface area contributed by atoms with Gasteiger partial charge in [-0.25, -0.2) is 13.2 Å². The second kappa shape index (κ2) is 4.33. The maximum Gasteiger partial charge on any atom is 0.159 e. The van der Waals surface area contributed by atoms with Crippen molar-refractivity contribution in [2.45, 2.75) is 6.92 Å². The zero-order valence-electron chi connectivity index (χ0n) is 8.64. The van der Waals surface area contributed by atoms with Crippen LogP contribution >= 0.6 is 11.6 Å². The Kier molecular flexibility index (Phi) is 3.02. The quantitative estimate of drug-likeness (QED) is 0.782. The van der Waals surface area contributed by atoms with E-state index in [1.54, 1.807) is 6.92 Å². The zero-order chi connectivity index (χ0) is 12.6. The van der Waals surface area contributed by atoms with E-state index in [1.807, 2.05) is 0 Å². The van der Waals surface area contributed by atoms with Crippen LogP contribution in [0.3, 0.4) is 0 Å². The van der Waals surface area contributed by atoms with E-state index in [9.17, 15) is 13.2 Å². The molecule has 0 atom stereocenters. The summed E-state index contributed by atoms with van der Waals surface area (Å²) in [5.74, 6) is -3.05. The van der Waals surface area contributed by atoms with Gasteiger partial charge in [0.15, 0.2) is 5.15 Å². The molecule has 2 aromatic rings. The maximum absolute atomic E-state index is 13.5. The first-order valence-corrected chi connectivity index (χ1v) is 5.01. The first-order valence-electron chi connectivity index (χ1n) is 4.64. The van der Waals surface area contributed by atoms with E-state index < -0.39 is 23.0 Å². The van der Waals surface area contributed by atoms with Crippen molar-refractivity contribution in [3.8, 4) is 11.1 Å². The fourth-order valence-corrected chi connectivity index (χ4v) is 1.64. The predicted octanol–water partition coefficient (Wildman–Crippen LogP) is 3.52. The molecule has 0 spiro atoms. The smallest absolute Gasteiger partial charge is 0.159 e. The second-order valence-electron chi connectivity index (χ2n) is 3.43. The lowest BCUT2D eigenvalue weighted by molar-refractivity contribution is 0.548. The number of halogens is 4. The highest BCUT2D eigenvalue weighted by molar-refractivity contribution is 6.32. The fraction of sp³-hybridized carbons (Fsp3) is 0.0909. The van der Waals surface area contributed by atoms with Gasteiger partial charge in [0.05, 0.1) is 11.3 Å². The Labute approximate surface area is 100 Å². The zero-order valence-corrected chi connectivity index (χ0v) is 9.39. The fourth-order valence-electron chi connectivity index (χ4n) is 1.45. The van der Waals surface area contributed by atoms with Gasteiger partial charge in [-0.1, -0.05) is 11.6 Å². The van der Waals surface area contributed by atoms with E-state index in [0.717, 1.165) is 0 Å². The molecule has 0 aliphatic carbocycles. The van der Waals surface area contributed by atoms with Crippen LogP contribution in [-0.2, 0) is 0 Å². The molecular weight excluding hydrogens is 253 g/mol. The number of hydrogen-bond donors (Lipinski definition) is 0. The van der Waals surface area contributed by atoms with Gasteiger partial charge >= 0.3 is 0 Å². The van der Waals surface area contributed by atoms with Crippen LogP contribution in [0.1, 0.15) is 5.69 Å². The summed E-state index contributed by atoms with van der Waals surface area (Å²) in [5.41, 5.74) is 0.0936. The summed E-state index contributed by atoms with van der Waals surface area (Å²) >= 11 is 5.71. The molecule has 0 bridgehead atoms. The van der Waals surface area contributed by atoms with Gasteiger partial charge in [0, 0.05) is 17.7 Å². The summed E-state index contributed by atoms with van der Waals surface area (Å²) in [5, 5.41) is 7.05. The SMILES string of the molecule is Cc1cc(-c2c(F)cc(F)cc2F)c(Cl)nn1. The van der Waals surface area contributed by atoms with Gasteiger partial charge in [-0.05, 0) is 13.0 Å². The number of aryl methyl sites for hydroxylation is 1. The molecule has 0 saturated carbocycles. The van der Waals surface area contributed by atoms with Crippen molar-refractivity contribution in [3.05, 3.63) is 46.5 Å². The topological polar surface area (TPSA) is 25.8 Å². The monoisotopic (exact) mass is 258 g/mol. The van der Waals surface area contributed by atoms with Crippen molar-refractivity contribution >= 4 is 11.6 Å². The molecule has 17 heavy (non-hydrogen) atoms. The lowest BCUT2D eigenvalue weighted by Gasteiger charge is -2.07. The van der Waals surface area contributed by atoms with Crippen LogP contribution in [0.15, 0.2) is 18.2 Å². The van der Waals surface area contributed by atoms with Crippen molar-refractivity contribution in [2.24, 2.45) is 0 Å². The van der Waals surface area contributed by atoms with Crippen molar-refractivity contribution in [1.29, 1.82) is 0 Å². The number of hydrogen-bond acceptors (Lipinski definition) is 2. The van der Waals surface area contributed by atoms with E-state index in [2.05, 4.69) is 10.2 Å². The first kappa shape index (κ1) is 11.9. The third-order valence-electron chi connectivity index (χ3n) is 2.15. The van der Waals surface area contributed by atoms with Crippen LogP contribution < -0.4 is 0 Å². The molecule has 1 heterocycles. The third-order valence-corrected chi connectivity index (χ3v) is 2.43. The molecule has 1 aromatic heterocycles. The minimum atomic E-state index is -1.03. The van der Waals surface area contributed by atoms with E-state index >= 15 is 0 Å². The molecular formula is C11H6ClF3N2. The molecule has 1 aromatic carbocycles. The van der Waals surface area contributed by atoms with Crippen LogP contribution in [-0.4, -0.2) is 10.2 Å². The number of benzene rings is 1. The maximum atomic E-state index is 13.5. The van der Waals surface area contributed by atoms with Crippen LogP contribution in [0.2, 0.25) is 5.15 Å². The summed E-state index contributed by atoms with van der Waals surface area (Å²) < 4.78 is 39.8. The average Bonchev–Trinajstić information content (AvgIpc) is 2.21. The van der Waals surface area contributed by atoms with Crippen molar-refractivity contribution in [1.82, 2.24) is 10.2 Å². The van der Waals surface area contributed by atoms with E-state index in [-0.39, 0.29) is 10.7 Å². The van der Waals surface area contributed by atoms with Gasteiger partial charge in [0.25, 0.3) is 0 Å². The Bertz CT molecular complexity index is 564. The highest BCUT2D eigenvalue weighted by Gasteiger charge is 2.17. The molecule has 0 amide bonds. The predicted molar refractivity (Wildman–Crippen MR) is 57.1 cm³/mol. The molecule has 0 aliphatic rings. The van der Waals surface area contributed by atoms with Gasteiger partial charge in [-0.3, -0.25) is 0 Å². The molecule has 6 heteroatoms. The molecule has 0 fully saturated rings. The Morgan fingerprint density at radius 3 is 2.18 bits per heavy atom. The molecule has 88 valence electrons. The van der Waals surface area contributed by atoms with Gasteiger partial charge in [0.1, 0.15) is 17.5 Å². The molecule has 0 saturated heterocycles. The molecule has 2 rings (SSSR count). The summed E-state index contributed by atoms with van der Waals surface area (Å²) in [7, 11) is 0. The van der Waals surface area contributed by atoms with Crippen LogP contribution in [0.5, 0.6) is 0 Å². The van der Waals surface area contributed by atoms with Gasteiger partial charge < -0.3 is 0 Å². The summed E-state index contributed by atoms with van der Waals surface area (Å²) in [4.78, 5) is 0. The second-order valence-corrected chi connectivity index (χ2v) is 3.79. The van der Waals surface area contributed by atoms with Gasteiger partial charge in [0.2, 0.25) is 0 Å². The highest BCUT2D eigenvalue weighted by atomic mass is 35.5. The van der Waals surface area contributed by atoms with Crippen molar-refractivity contribution in [2.75, 3.05) is 0 Å². The van der Waals surface area contributed by atoms with Crippen LogP contribution in [0.4, 0.5) is 13.2 Å². The summed E-state index contributed by atoms with van der Waals surface area (Å²) in [6.07, 6.45) is 0. The number of aromatic nitrogens is 2. The van der Waals surface area contributed by atoms with E-state index in [1.165, 1.54) is 6.07 Å². The summed E-state index contributed by atoms with van der Waals surface area (Å²) in [6, 6.07) is 2.56. The Morgan fingerprint density at radius 1 is 1.00 bits per heavy atom. The molecule has 2 nitrogen and oxygen atoms in total. The standard InChI is InChI=1S/C11H6ClF3N2/c1-5-2-7(11(12)17-16-5)10-8(14)3-6(13)4-9(10)15/h2-4H,1H3. The molecule has 0 unspecified atom stereocenters. The van der Waals surface area contributed by atoms with Crippen molar-refractivity contribution < 1.29 is 13.2 Å². The van der Waals surface area contributed by atoms with Gasteiger partial charge in [-0.2, -0.15) is 5.10 Å². The number of nitrogens with zero attached hydrogens (tertiary/aromatic N) is 2.